The molecule has 0 radical (unpaired) electrons. The highest BCUT2D eigenvalue weighted by Crippen LogP contribution is 2.33. The monoisotopic (exact) mass is 396 g/mol. The van der Waals surface area contributed by atoms with E-state index >= 15 is 0 Å². The first-order valence-electron chi connectivity index (χ1n) is 9.34. The number of hydrogen-bond donors (Lipinski definition) is 1. The van der Waals surface area contributed by atoms with E-state index in [1.54, 1.807) is 30.8 Å². The van der Waals surface area contributed by atoms with Gasteiger partial charge in [-0.05, 0) is 42.2 Å². The number of hydrogen-bond acceptors (Lipinski definition) is 4. The molecule has 0 fully saturated rings. The average molecular weight is 396 g/mol. The molecule has 7 heteroatoms. The number of methoxy groups -OCH3 is 1. The smallest absolute Gasteiger partial charge is 0.274 e. The Morgan fingerprint density at radius 2 is 1.86 bits per heavy atom. The number of nitrogens with one attached hydrogen (secondary N) is 1. The molecular weight excluding hydrogens is 371 g/mol. The van der Waals surface area contributed by atoms with Crippen molar-refractivity contribution >= 4 is 5.91 Å². The van der Waals surface area contributed by atoms with Crippen LogP contribution in [0.1, 0.15) is 48.6 Å². The van der Waals surface area contributed by atoms with Crippen molar-refractivity contribution in [2.45, 2.75) is 33.7 Å². The van der Waals surface area contributed by atoms with Crippen molar-refractivity contribution in [2.24, 2.45) is 5.41 Å². The number of nitrogens with zero attached hydrogens (tertiary/aromatic N) is 3. The summed E-state index contributed by atoms with van der Waals surface area (Å²) in [7, 11) is 1.59. The second-order valence-electron chi connectivity index (χ2n) is 7.96. The first-order valence-corrected chi connectivity index (χ1v) is 9.34. The van der Waals surface area contributed by atoms with Crippen LogP contribution in [-0.2, 0) is 0 Å². The van der Waals surface area contributed by atoms with Crippen LogP contribution in [0.2, 0.25) is 0 Å². The lowest BCUT2D eigenvalue weighted by molar-refractivity contribution is 0.0896. The van der Waals surface area contributed by atoms with Crippen molar-refractivity contribution < 1.29 is 13.9 Å². The Kier molecular flexibility index (Phi) is 5.68. The number of ether oxygens (including phenoxy) is 1. The molecule has 1 unspecified atom stereocenters. The molecular formula is C22H25FN4O2. The fraction of sp³-hybridized carbons (Fsp3) is 0.318. The molecule has 0 spiro atoms. The second-order valence-corrected chi connectivity index (χ2v) is 7.96. The molecule has 0 bridgehead atoms. The van der Waals surface area contributed by atoms with Gasteiger partial charge in [0.1, 0.15) is 11.6 Å². The summed E-state index contributed by atoms with van der Waals surface area (Å²) >= 11 is 0. The Morgan fingerprint density at radius 1 is 1.17 bits per heavy atom. The molecule has 1 N–H and O–H groups in total. The average Bonchev–Trinajstić information content (AvgIpc) is 3.07. The number of aromatic nitrogens is 3. The summed E-state index contributed by atoms with van der Waals surface area (Å²) in [6.45, 7) is 7.84. The molecule has 0 aliphatic carbocycles. The van der Waals surface area contributed by atoms with Gasteiger partial charge in [-0.2, -0.15) is 0 Å². The van der Waals surface area contributed by atoms with Gasteiger partial charge >= 0.3 is 0 Å². The number of carbonyl (C=O) groups excluding carboxylic acids is 1. The van der Waals surface area contributed by atoms with Gasteiger partial charge in [-0.25, -0.2) is 9.07 Å². The largest absolute Gasteiger partial charge is 0.497 e. The molecule has 0 saturated heterocycles. The molecule has 0 aliphatic heterocycles. The third-order valence-corrected chi connectivity index (χ3v) is 4.75. The lowest BCUT2D eigenvalue weighted by Crippen LogP contribution is -2.37. The van der Waals surface area contributed by atoms with E-state index in [9.17, 15) is 9.18 Å². The van der Waals surface area contributed by atoms with Crippen molar-refractivity contribution in [1.82, 2.24) is 20.3 Å². The van der Waals surface area contributed by atoms with Gasteiger partial charge in [-0.3, -0.25) is 4.79 Å². The summed E-state index contributed by atoms with van der Waals surface area (Å²) in [5, 5.41) is 11.3. The molecule has 2 aromatic carbocycles. The number of amides is 1. The first kappa shape index (κ1) is 20.5. The van der Waals surface area contributed by atoms with E-state index in [2.05, 4.69) is 15.6 Å². The van der Waals surface area contributed by atoms with Crippen molar-refractivity contribution in [2.75, 3.05) is 7.11 Å². The van der Waals surface area contributed by atoms with Gasteiger partial charge < -0.3 is 10.1 Å². The maximum Gasteiger partial charge on any atom is 0.274 e. The fourth-order valence-corrected chi connectivity index (χ4v) is 3.18. The number of carbonyl (C=O) groups is 1. The van der Waals surface area contributed by atoms with E-state index in [4.69, 9.17) is 4.74 Å². The van der Waals surface area contributed by atoms with Crippen LogP contribution in [0.25, 0.3) is 5.69 Å². The van der Waals surface area contributed by atoms with Crippen molar-refractivity contribution in [3.8, 4) is 11.4 Å². The van der Waals surface area contributed by atoms with Gasteiger partial charge in [0.2, 0.25) is 0 Å². The lowest BCUT2D eigenvalue weighted by atomic mass is 9.82. The van der Waals surface area contributed by atoms with E-state index in [-0.39, 0.29) is 28.9 Å². The highest BCUT2D eigenvalue weighted by molar-refractivity contribution is 5.93. The Bertz CT molecular complexity index is 1010. The molecule has 29 heavy (non-hydrogen) atoms. The standard InChI is InChI=1S/C22H25FN4O2/c1-14-19(25-26-27(14)17-7-6-8-18(13-17)29-5)21(28)24-20(22(2,3)4)15-9-11-16(23)12-10-15/h6-13,20H,1-5H3,(H,24,28). The van der Waals surface area contributed by atoms with Crippen LogP contribution in [0.4, 0.5) is 4.39 Å². The maximum atomic E-state index is 13.3. The zero-order valence-electron chi connectivity index (χ0n) is 17.2. The third-order valence-electron chi connectivity index (χ3n) is 4.75. The van der Waals surface area contributed by atoms with Crippen molar-refractivity contribution in [1.29, 1.82) is 0 Å². The highest BCUT2D eigenvalue weighted by Gasteiger charge is 2.30. The fourth-order valence-electron chi connectivity index (χ4n) is 3.18. The lowest BCUT2D eigenvalue weighted by Gasteiger charge is -2.31. The van der Waals surface area contributed by atoms with E-state index in [1.165, 1.54) is 12.1 Å². The molecule has 1 heterocycles. The Hall–Kier alpha value is -3.22. The second kappa shape index (κ2) is 8.03. The van der Waals surface area contributed by atoms with Crippen molar-refractivity contribution in [3.05, 3.63) is 71.3 Å². The molecule has 1 aromatic heterocycles. The van der Waals surface area contributed by atoms with E-state index in [0.717, 1.165) is 11.3 Å². The van der Waals surface area contributed by atoms with Crippen LogP contribution < -0.4 is 10.1 Å². The van der Waals surface area contributed by atoms with Gasteiger partial charge in [-0.1, -0.05) is 44.2 Å². The van der Waals surface area contributed by atoms with Crippen LogP contribution >= 0.6 is 0 Å². The van der Waals surface area contributed by atoms with Gasteiger partial charge in [0.25, 0.3) is 5.91 Å². The van der Waals surface area contributed by atoms with Crippen LogP contribution in [0.5, 0.6) is 5.75 Å². The molecule has 3 rings (SSSR count). The third kappa shape index (κ3) is 4.45. The predicted octanol–water partition coefficient (Wildman–Crippen LogP) is 4.24. The predicted molar refractivity (Wildman–Crippen MR) is 109 cm³/mol. The Labute approximate surface area is 169 Å². The van der Waals surface area contributed by atoms with E-state index < -0.39 is 0 Å². The number of rotatable bonds is 5. The van der Waals surface area contributed by atoms with Crippen LogP contribution in [0.15, 0.2) is 48.5 Å². The van der Waals surface area contributed by atoms with Crippen LogP contribution in [0, 0.1) is 18.2 Å². The number of halogens is 1. The highest BCUT2D eigenvalue weighted by atomic mass is 19.1. The van der Waals surface area contributed by atoms with E-state index in [0.29, 0.717) is 11.4 Å². The summed E-state index contributed by atoms with van der Waals surface area (Å²) in [5.74, 6) is 0.0400. The topological polar surface area (TPSA) is 69.0 Å². The molecule has 152 valence electrons. The molecule has 6 nitrogen and oxygen atoms in total. The van der Waals surface area contributed by atoms with Crippen LogP contribution in [-0.4, -0.2) is 28.0 Å². The summed E-state index contributed by atoms with van der Waals surface area (Å²) < 4.78 is 20.2. The molecule has 0 aliphatic rings. The summed E-state index contributed by atoms with van der Waals surface area (Å²) in [6, 6.07) is 13.2. The number of benzene rings is 2. The minimum atomic E-state index is -0.333. The van der Waals surface area contributed by atoms with E-state index in [1.807, 2.05) is 45.0 Å². The first-order chi connectivity index (χ1) is 13.7. The molecule has 3 aromatic rings. The minimum absolute atomic E-state index is 0.240. The normalized spacial score (nSPS) is 12.5. The SMILES string of the molecule is COc1cccc(-n2nnc(C(=O)NC(c3ccc(F)cc3)C(C)(C)C)c2C)c1. The van der Waals surface area contributed by atoms with Crippen molar-refractivity contribution in [3.63, 3.8) is 0 Å². The maximum absolute atomic E-state index is 13.3. The molecule has 1 amide bonds. The Balaban J connectivity index is 1.89. The summed E-state index contributed by atoms with van der Waals surface area (Å²) in [4.78, 5) is 13.0. The summed E-state index contributed by atoms with van der Waals surface area (Å²) in [5.41, 5.74) is 2.14. The molecule has 1 atom stereocenters. The quantitative estimate of drug-likeness (QED) is 0.700. The minimum Gasteiger partial charge on any atom is -0.497 e. The van der Waals surface area contributed by atoms with Crippen LogP contribution in [0.3, 0.4) is 0 Å². The zero-order valence-corrected chi connectivity index (χ0v) is 17.2. The molecule has 0 saturated carbocycles. The zero-order chi connectivity index (χ0) is 21.2. The van der Waals surface area contributed by atoms with Gasteiger partial charge in [-0.15, -0.1) is 5.10 Å². The van der Waals surface area contributed by atoms with Gasteiger partial charge in [0.05, 0.1) is 24.5 Å². The Morgan fingerprint density at radius 3 is 2.48 bits per heavy atom. The summed E-state index contributed by atoms with van der Waals surface area (Å²) in [6.07, 6.45) is 0. The van der Waals surface area contributed by atoms with Gasteiger partial charge in [0.15, 0.2) is 5.69 Å². The van der Waals surface area contributed by atoms with Gasteiger partial charge in [0, 0.05) is 6.07 Å².